The Morgan fingerprint density at radius 2 is 2.00 bits per heavy atom. The molecule has 2 aromatic rings. The van der Waals surface area contributed by atoms with Crippen molar-refractivity contribution in [1.82, 2.24) is 5.16 Å². The number of nitrogen functional groups attached to an aromatic ring is 1. The summed E-state index contributed by atoms with van der Waals surface area (Å²) in [7, 11) is 0. The Labute approximate surface area is 79.5 Å². The number of anilines is 1. The summed E-state index contributed by atoms with van der Waals surface area (Å²) in [5.41, 5.74) is 6.17. The normalized spacial score (nSPS) is 10.0. The minimum Gasteiger partial charge on any atom is -0.379 e. The van der Waals surface area contributed by atoms with Crippen LogP contribution in [0.5, 0.6) is 0 Å². The molecule has 0 fully saturated rings. The quantitative estimate of drug-likeness (QED) is 0.735. The van der Waals surface area contributed by atoms with E-state index >= 15 is 0 Å². The van der Waals surface area contributed by atoms with Gasteiger partial charge in [0.2, 0.25) is 0 Å². The summed E-state index contributed by atoms with van der Waals surface area (Å²) in [6.45, 7) is 0. The first-order chi connectivity index (χ1) is 6.83. The molecule has 0 saturated carbocycles. The summed E-state index contributed by atoms with van der Waals surface area (Å²) in [6.07, 6.45) is 0. The third kappa shape index (κ3) is 1.24. The Morgan fingerprint density at radius 1 is 1.29 bits per heavy atom. The van der Waals surface area contributed by atoms with Crippen LogP contribution in [-0.4, -0.2) is 5.16 Å². The minimum atomic E-state index is 0.0128. The van der Waals surface area contributed by atoms with E-state index in [0.29, 0.717) is 5.76 Å². The molecule has 0 aliphatic rings. The van der Waals surface area contributed by atoms with Gasteiger partial charge in [-0.05, 0) is 5.18 Å². The zero-order chi connectivity index (χ0) is 9.97. The van der Waals surface area contributed by atoms with Gasteiger partial charge in [-0.25, -0.2) is 0 Å². The van der Waals surface area contributed by atoms with Crippen molar-refractivity contribution in [3.05, 3.63) is 35.2 Å². The van der Waals surface area contributed by atoms with Crippen LogP contribution in [0, 0.1) is 4.91 Å². The zero-order valence-corrected chi connectivity index (χ0v) is 7.18. The topological polar surface area (TPSA) is 81.5 Å². The van der Waals surface area contributed by atoms with Crippen LogP contribution in [0.15, 0.2) is 40.0 Å². The maximum Gasteiger partial charge on any atom is 0.199 e. The van der Waals surface area contributed by atoms with Crippen LogP contribution in [0.3, 0.4) is 0 Å². The summed E-state index contributed by atoms with van der Waals surface area (Å²) >= 11 is 0. The van der Waals surface area contributed by atoms with Crippen molar-refractivity contribution in [2.75, 3.05) is 5.73 Å². The fourth-order valence-electron chi connectivity index (χ4n) is 1.16. The van der Waals surface area contributed by atoms with Crippen molar-refractivity contribution in [3.8, 4) is 11.3 Å². The lowest BCUT2D eigenvalue weighted by Crippen LogP contribution is -1.82. The van der Waals surface area contributed by atoms with E-state index < -0.39 is 0 Å². The van der Waals surface area contributed by atoms with E-state index in [1.54, 1.807) is 12.1 Å². The van der Waals surface area contributed by atoms with Gasteiger partial charge in [0.05, 0.1) is 0 Å². The maximum absolute atomic E-state index is 10.5. The third-order valence-electron chi connectivity index (χ3n) is 1.82. The van der Waals surface area contributed by atoms with Crippen LogP contribution >= 0.6 is 0 Å². The van der Waals surface area contributed by atoms with Gasteiger partial charge in [0.1, 0.15) is 0 Å². The highest BCUT2D eigenvalue weighted by molar-refractivity contribution is 5.77. The lowest BCUT2D eigenvalue weighted by atomic mass is 10.1. The number of aromatic nitrogens is 1. The molecule has 0 saturated heterocycles. The number of rotatable bonds is 2. The number of benzene rings is 1. The second-order valence-electron chi connectivity index (χ2n) is 2.70. The SMILES string of the molecule is Nc1noc(-c2ccccc2)c1N=O. The third-order valence-corrected chi connectivity index (χ3v) is 1.82. The van der Waals surface area contributed by atoms with Crippen LogP contribution in [0.25, 0.3) is 11.3 Å². The first-order valence-electron chi connectivity index (χ1n) is 3.97. The monoisotopic (exact) mass is 189 g/mol. The van der Waals surface area contributed by atoms with Crippen molar-refractivity contribution < 1.29 is 4.52 Å². The number of hydrogen-bond acceptors (Lipinski definition) is 5. The highest BCUT2D eigenvalue weighted by atomic mass is 16.5. The maximum atomic E-state index is 10.5. The number of nitrogens with two attached hydrogens (primary N) is 1. The van der Waals surface area contributed by atoms with Gasteiger partial charge in [-0.15, -0.1) is 4.91 Å². The molecule has 5 nitrogen and oxygen atoms in total. The zero-order valence-electron chi connectivity index (χ0n) is 7.18. The number of hydrogen-bond donors (Lipinski definition) is 1. The molecule has 14 heavy (non-hydrogen) atoms. The predicted octanol–water partition coefficient (Wildman–Crippen LogP) is 2.32. The van der Waals surface area contributed by atoms with E-state index in [1.165, 1.54) is 0 Å². The van der Waals surface area contributed by atoms with Crippen molar-refractivity contribution in [3.63, 3.8) is 0 Å². The second-order valence-corrected chi connectivity index (χ2v) is 2.70. The predicted molar refractivity (Wildman–Crippen MR) is 51.8 cm³/mol. The molecule has 0 aliphatic heterocycles. The van der Waals surface area contributed by atoms with Crippen molar-refractivity contribution in [2.45, 2.75) is 0 Å². The molecule has 70 valence electrons. The standard InChI is InChI=1S/C9H7N3O2/c10-9-7(11-13)8(14-12-9)6-4-2-1-3-5-6/h1-5H,(H2,10,12). The van der Waals surface area contributed by atoms with E-state index in [0.717, 1.165) is 5.56 Å². The molecule has 1 aromatic heterocycles. The Bertz CT molecular complexity index is 450. The van der Waals surface area contributed by atoms with Crippen LogP contribution in [0.4, 0.5) is 11.5 Å². The number of nitrogens with zero attached hydrogens (tertiary/aromatic N) is 2. The first-order valence-corrected chi connectivity index (χ1v) is 3.97. The molecule has 0 spiro atoms. The average Bonchev–Trinajstić information content (AvgIpc) is 2.61. The highest BCUT2D eigenvalue weighted by Gasteiger charge is 2.15. The molecule has 5 heteroatoms. The van der Waals surface area contributed by atoms with Gasteiger partial charge in [-0.2, -0.15) is 0 Å². The second kappa shape index (κ2) is 3.29. The molecule has 0 amide bonds. The van der Waals surface area contributed by atoms with E-state index in [4.69, 9.17) is 10.3 Å². The van der Waals surface area contributed by atoms with Gasteiger partial charge in [0, 0.05) is 5.56 Å². The fraction of sp³-hybridized carbons (Fsp3) is 0. The minimum absolute atomic E-state index is 0.0128. The Balaban J connectivity index is 2.57. The van der Waals surface area contributed by atoms with Crippen LogP contribution in [0.2, 0.25) is 0 Å². The van der Waals surface area contributed by atoms with E-state index in [1.807, 2.05) is 18.2 Å². The van der Waals surface area contributed by atoms with Crippen molar-refractivity contribution >= 4 is 11.5 Å². The van der Waals surface area contributed by atoms with Gasteiger partial charge in [0.25, 0.3) is 0 Å². The summed E-state index contributed by atoms with van der Waals surface area (Å²) in [5, 5.41) is 6.25. The van der Waals surface area contributed by atoms with Crippen LogP contribution in [0.1, 0.15) is 0 Å². The summed E-state index contributed by atoms with van der Waals surface area (Å²) in [5.74, 6) is 0.317. The lowest BCUT2D eigenvalue weighted by Gasteiger charge is -1.93. The Hall–Kier alpha value is -2.17. The molecule has 0 radical (unpaired) electrons. The Kier molecular flexibility index (Phi) is 1.98. The molecule has 0 bridgehead atoms. The van der Waals surface area contributed by atoms with Gasteiger partial charge < -0.3 is 10.3 Å². The van der Waals surface area contributed by atoms with Crippen molar-refractivity contribution in [2.24, 2.45) is 5.18 Å². The molecule has 0 unspecified atom stereocenters. The summed E-state index contributed by atoms with van der Waals surface area (Å²) in [6, 6.07) is 9.08. The Morgan fingerprint density at radius 3 is 2.64 bits per heavy atom. The van der Waals surface area contributed by atoms with Gasteiger partial charge >= 0.3 is 0 Å². The molecule has 2 rings (SSSR count). The van der Waals surface area contributed by atoms with E-state index in [-0.39, 0.29) is 11.5 Å². The van der Waals surface area contributed by atoms with Gasteiger partial charge in [-0.3, -0.25) is 0 Å². The van der Waals surface area contributed by atoms with E-state index in [9.17, 15) is 4.91 Å². The summed E-state index contributed by atoms with van der Waals surface area (Å²) in [4.78, 5) is 10.5. The van der Waals surface area contributed by atoms with Gasteiger partial charge in [-0.1, -0.05) is 35.5 Å². The summed E-state index contributed by atoms with van der Waals surface area (Å²) < 4.78 is 4.90. The fourth-order valence-corrected chi connectivity index (χ4v) is 1.16. The number of nitroso groups, excluding NO2 is 1. The molecule has 2 N–H and O–H groups in total. The highest BCUT2D eigenvalue weighted by Crippen LogP contribution is 2.34. The average molecular weight is 189 g/mol. The molecule has 0 atom stereocenters. The largest absolute Gasteiger partial charge is 0.379 e. The molecular weight excluding hydrogens is 182 g/mol. The van der Waals surface area contributed by atoms with Gasteiger partial charge in [0.15, 0.2) is 17.3 Å². The molecule has 1 aromatic carbocycles. The first kappa shape index (κ1) is 8.43. The van der Waals surface area contributed by atoms with Crippen LogP contribution < -0.4 is 5.73 Å². The molecule has 0 aliphatic carbocycles. The smallest absolute Gasteiger partial charge is 0.199 e. The van der Waals surface area contributed by atoms with Crippen LogP contribution in [-0.2, 0) is 0 Å². The lowest BCUT2D eigenvalue weighted by molar-refractivity contribution is 0.436. The van der Waals surface area contributed by atoms with Crippen molar-refractivity contribution in [1.29, 1.82) is 0 Å². The van der Waals surface area contributed by atoms with E-state index in [2.05, 4.69) is 10.3 Å². The molecular formula is C9H7N3O2. The molecule has 1 heterocycles.